The van der Waals surface area contributed by atoms with Gasteiger partial charge in [-0.3, -0.25) is 0 Å². The fourth-order valence-electron chi connectivity index (χ4n) is 5.76. The lowest BCUT2D eigenvalue weighted by Gasteiger charge is -2.24. The minimum absolute atomic E-state index is 1.20. The van der Waals surface area contributed by atoms with Gasteiger partial charge in [-0.25, -0.2) is 0 Å². The SMILES string of the molecule is CCCCCCCCCCCCSCCCN(CCCSCCCCCCCCCCCC)CCCN(CC)CC. The van der Waals surface area contributed by atoms with Crippen LogP contribution in [0.15, 0.2) is 0 Å². The third-order valence-electron chi connectivity index (χ3n) is 8.65. The van der Waals surface area contributed by atoms with Crippen LogP contribution in [0, 0.1) is 0 Å². The first kappa shape index (κ1) is 41.6. The van der Waals surface area contributed by atoms with Gasteiger partial charge in [0.05, 0.1) is 0 Å². The second kappa shape index (κ2) is 36.8. The first-order valence-corrected chi connectivity index (χ1v) is 21.2. The number of unbranched alkanes of at least 4 members (excludes halogenated alkanes) is 18. The molecule has 4 heteroatoms. The minimum Gasteiger partial charge on any atom is -0.304 e. The molecule has 0 amide bonds. The number of thioether (sulfide) groups is 2. The van der Waals surface area contributed by atoms with E-state index >= 15 is 0 Å². The van der Waals surface area contributed by atoms with Crippen molar-refractivity contribution in [1.29, 1.82) is 0 Å². The molecule has 0 spiro atoms. The molecule has 0 aliphatic heterocycles. The Balaban J connectivity index is 3.80. The zero-order valence-corrected chi connectivity index (χ0v) is 30.7. The Hall–Kier alpha value is 0.620. The van der Waals surface area contributed by atoms with Crippen LogP contribution in [0.5, 0.6) is 0 Å². The summed E-state index contributed by atoms with van der Waals surface area (Å²) < 4.78 is 0. The maximum atomic E-state index is 2.80. The standard InChI is InChI=1S/C37H78N2S2/c1-5-9-11-13-15-17-19-21-23-25-34-40-36-28-32-39(31-27-30-38(7-3)8-4)33-29-37-41-35-26-24-22-20-18-16-14-12-10-6-2/h5-37H2,1-4H3. The molecule has 0 unspecified atom stereocenters. The van der Waals surface area contributed by atoms with E-state index in [9.17, 15) is 0 Å². The molecule has 0 rings (SSSR count). The molecule has 41 heavy (non-hydrogen) atoms. The van der Waals surface area contributed by atoms with Crippen LogP contribution in [0.1, 0.15) is 175 Å². The van der Waals surface area contributed by atoms with Gasteiger partial charge in [0, 0.05) is 0 Å². The lowest BCUT2D eigenvalue weighted by atomic mass is 10.1. The Morgan fingerprint density at radius 1 is 0.293 bits per heavy atom. The molecule has 0 aromatic heterocycles. The van der Waals surface area contributed by atoms with Crippen LogP contribution in [0.25, 0.3) is 0 Å². The molecule has 0 saturated heterocycles. The molecular formula is C37H78N2S2. The number of nitrogens with zero attached hydrogens (tertiary/aromatic N) is 2. The van der Waals surface area contributed by atoms with E-state index in [4.69, 9.17) is 0 Å². The van der Waals surface area contributed by atoms with E-state index in [0.29, 0.717) is 0 Å². The van der Waals surface area contributed by atoms with Gasteiger partial charge in [0.15, 0.2) is 0 Å². The minimum atomic E-state index is 1.20. The summed E-state index contributed by atoms with van der Waals surface area (Å²) in [4.78, 5) is 5.38. The highest BCUT2D eigenvalue weighted by Crippen LogP contribution is 2.15. The lowest BCUT2D eigenvalue weighted by Crippen LogP contribution is -2.31. The van der Waals surface area contributed by atoms with Crippen molar-refractivity contribution in [2.75, 3.05) is 62.3 Å². The highest BCUT2D eigenvalue weighted by atomic mass is 32.2. The van der Waals surface area contributed by atoms with Gasteiger partial charge < -0.3 is 9.80 Å². The molecule has 0 aromatic rings. The Morgan fingerprint density at radius 3 is 0.951 bits per heavy atom. The maximum absolute atomic E-state index is 2.80. The maximum Gasteiger partial charge on any atom is -0.000654 e. The van der Waals surface area contributed by atoms with Gasteiger partial charge >= 0.3 is 0 Å². The van der Waals surface area contributed by atoms with Crippen LogP contribution in [-0.4, -0.2) is 72.1 Å². The molecule has 2 nitrogen and oxygen atoms in total. The first-order chi connectivity index (χ1) is 20.3. The van der Waals surface area contributed by atoms with E-state index in [1.165, 1.54) is 210 Å². The summed E-state index contributed by atoms with van der Waals surface area (Å²) in [6.07, 6.45) is 33.1. The molecule has 0 fully saturated rings. The molecule has 0 bridgehead atoms. The van der Waals surface area contributed by atoms with E-state index in [1.807, 2.05) is 0 Å². The molecule has 0 N–H and O–H groups in total. The Bertz CT molecular complexity index is 426. The first-order valence-electron chi connectivity index (χ1n) is 18.9. The van der Waals surface area contributed by atoms with Crippen molar-refractivity contribution in [3.05, 3.63) is 0 Å². The summed E-state index contributed by atoms with van der Waals surface area (Å²) in [5.74, 6) is 5.48. The average Bonchev–Trinajstić information content (AvgIpc) is 2.99. The number of rotatable bonds is 36. The van der Waals surface area contributed by atoms with Crippen LogP contribution >= 0.6 is 23.5 Å². The largest absolute Gasteiger partial charge is 0.304 e. The van der Waals surface area contributed by atoms with Crippen LogP contribution in [0.2, 0.25) is 0 Å². The van der Waals surface area contributed by atoms with Gasteiger partial charge in [-0.15, -0.1) is 0 Å². The average molecular weight is 615 g/mol. The van der Waals surface area contributed by atoms with Crippen molar-refractivity contribution in [3.63, 3.8) is 0 Å². The zero-order chi connectivity index (χ0) is 29.9. The van der Waals surface area contributed by atoms with Crippen molar-refractivity contribution in [3.8, 4) is 0 Å². The fourth-order valence-corrected chi connectivity index (χ4v) is 7.65. The number of hydrogen-bond acceptors (Lipinski definition) is 4. The summed E-state index contributed by atoms with van der Waals surface area (Å²) in [5.41, 5.74) is 0. The van der Waals surface area contributed by atoms with Gasteiger partial charge in [0.2, 0.25) is 0 Å². The van der Waals surface area contributed by atoms with E-state index in [-0.39, 0.29) is 0 Å². The predicted molar refractivity (Wildman–Crippen MR) is 196 cm³/mol. The normalized spacial score (nSPS) is 11.9. The topological polar surface area (TPSA) is 6.48 Å². The van der Waals surface area contributed by atoms with Crippen LogP contribution in [0.4, 0.5) is 0 Å². The van der Waals surface area contributed by atoms with E-state index < -0.39 is 0 Å². The van der Waals surface area contributed by atoms with E-state index in [1.54, 1.807) is 0 Å². The second-order valence-electron chi connectivity index (χ2n) is 12.5. The lowest BCUT2D eigenvalue weighted by molar-refractivity contribution is 0.237. The smallest absolute Gasteiger partial charge is 0.000654 e. The molecule has 0 radical (unpaired) electrons. The second-order valence-corrected chi connectivity index (χ2v) is 15.0. The van der Waals surface area contributed by atoms with Crippen molar-refractivity contribution < 1.29 is 0 Å². The zero-order valence-electron chi connectivity index (χ0n) is 29.0. The number of hydrogen-bond donors (Lipinski definition) is 0. The van der Waals surface area contributed by atoms with Crippen molar-refractivity contribution >= 4 is 23.5 Å². The predicted octanol–water partition coefficient (Wildman–Crippen LogP) is 12.1. The van der Waals surface area contributed by atoms with Crippen LogP contribution in [-0.2, 0) is 0 Å². The summed E-state index contributed by atoms with van der Waals surface area (Å²) in [6, 6.07) is 0. The highest BCUT2D eigenvalue weighted by molar-refractivity contribution is 7.99. The van der Waals surface area contributed by atoms with E-state index in [2.05, 4.69) is 61.0 Å². The van der Waals surface area contributed by atoms with Crippen molar-refractivity contribution in [2.45, 2.75) is 175 Å². The van der Waals surface area contributed by atoms with E-state index in [0.717, 1.165) is 0 Å². The van der Waals surface area contributed by atoms with Crippen LogP contribution in [0.3, 0.4) is 0 Å². The third-order valence-corrected chi connectivity index (χ3v) is 11.0. The molecule has 0 saturated carbocycles. The Morgan fingerprint density at radius 2 is 0.585 bits per heavy atom. The van der Waals surface area contributed by atoms with Crippen LogP contribution < -0.4 is 0 Å². The van der Waals surface area contributed by atoms with Crippen molar-refractivity contribution in [2.24, 2.45) is 0 Å². The molecule has 0 aliphatic rings. The molecule has 0 atom stereocenters. The highest BCUT2D eigenvalue weighted by Gasteiger charge is 2.07. The van der Waals surface area contributed by atoms with Gasteiger partial charge in [0.25, 0.3) is 0 Å². The van der Waals surface area contributed by atoms with Gasteiger partial charge in [-0.2, -0.15) is 23.5 Å². The quantitative estimate of drug-likeness (QED) is 0.0647. The molecule has 0 aliphatic carbocycles. The Kier molecular flexibility index (Phi) is 37.4. The summed E-state index contributed by atoms with van der Waals surface area (Å²) in [7, 11) is 0. The van der Waals surface area contributed by atoms with Gasteiger partial charge in [-0.1, -0.05) is 143 Å². The third kappa shape index (κ3) is 33.4. The van der Waals surface area contributed by atoms with Gasteiger partial charge in [-0.05, 0) is 94.4 Å². The Labute approximate surface area is 270 Å². The summed E-state index contributed by atoms with van der Waals surface area (Å²) >= 11 is 4.44. The summed E-state index contributed by atoms with van der Waals surface area (Å²) in [6.45, 7) is 16.8. The molecule has 0 aromatic carbocycles. The molecular weight excluding hydrogens is 537 g/mol. The molecule has 0 heterocycles. The molecule has 248 valence electrons. The van der Waals surface area contributed by atoms with Gasteiger partial charge in [0.1, 0.15) is 0 Å². The summed E-state index contributed by atoms with van der Waals surface area (Å²) in [5, 5.41) is 0. The van der Waals surface area contributed by atoms with Crippen molar-refractivity contribution in [1.82, 2.24) is 9.80 Å². The fraction of sp³-hybridized carbons (Fsp3) is 1.00. The monoisotopic (exact) mass is 615 g/mol.